The van der Waals surface area contributed by atoms with E-state index in [0.29, 0.717) is 31.8 Å². The number of rotatable bonds is 2. The van der Waals surface area contributed by atoms with Crippen molar-refractivity contribution >= 4 is 22.7 Å². The number of benzene rings is 1. The van der Waals surface area contributed by atoms with E-state index in [-0.39, 0.29) is 17.7 Å². The van der Waals surface area contributed by atoms with Gasteiger partial charge in [-0.3, -0.25) is 19.5 Å². The molecule has 1 atom stereocenters. The maximum atomic E-state index is 12.8. The van der Waals surface area contributed by atoms with Gasteiger partial charge in [-0.25, -0.2) is 5.06 Å². The van der Waals surface area contributed by atoms with Gasteiger partial charge in [0.2, 0.25) is 0 Å². The molecule has 2 aliphatic rings. The number of H-pyrrole nitrogens is 1. The summed E-state index contributed by atoms with van der Waals surface area (Å²) in [5.74, 6) is -0.184. The zero-order chi connectivity index (χ0) is 17.2. The molecule has 2 amide bonds. The van der Waals surface area contributed by atoms with Gasteiger partial charge < -0.3 is 4.90 Å². The van der Waals surface area contributed by atoms with E-state index in [9.17, 15) is 9.59 Å². The number of piperidine rings is 1. The van der Waals surface area contributed by atoms with Crippen LogP contribution in [0.25, 0.3) is 10.9 Å². The van der Waals surface area contributed by atoms with Crippen LogP contribution in [0.4, 0.5) is 0 Å². The molecular formula is C18H22N4O3. The molecule has 0 radical (unpaired) electrons. The van der Waals surface area contributed by atoms with Gasteiger partial charge in [-0.15, -0.1) is 0 Å². The summed E-state index contributed by atoms with van der Waals surface area (Å²) < 4.78 is 0. The number of carbonyl (C=O) groups is 2. The molecule has 0 spiro atoms. The number of nitrogens with one attached hydrogen (secondary N) is 1. The quantitative estimate of drug-likeness (QED) is 0.905. The second-order valence-electron chi connectivity index (χ2n) is 6.74. The summed E-state index contributed by atoms with van der Waals surface area (Å²) in [7, 11) is 0. The Morgan fingerprint density at radius 3 is 2.96 bits per heavy atom. The van der Waals surface area contributed by atoms with Crippen LogP contribution in [0.1, 0.15) is 36.0 Å². The number of aromatic nitrogens is 2. The first-order valence-corrected chi connectivity index (χ1v) is 8.89. The van der Waals surface area contributed by atoms with E-state index in [1.165, 1.54) is 5.06 Å². The molecular weight excluding hydrogens is 320 g/mol. The number of carbonyl (C=O) groups excluding carboxylic acids is 2. The first-order valence-electron chi connectivity index (χ1n) is 8.89. The van der Waals surface area contributed by atoms with E-state index in [4.69, 9.17) is 4.84 Å². The number of fused-ring (bicyclic) bond motifs is 1. The van der Waals surface area contributed by atoms with Crippen molar-refractivity contribution in [1.82, 2.24) is 20.2 Å². The van der Waals surface area contributed by atoms with E-state index in [1.54, 1.807) is 11.1 Å². The molecule has 1 unspecified atom stereocenters. The Bertz CT molecular complexity index is 781. The van der Waals surface area contributed by atoms with Crippen molar-refractivity contribution < 1.29 is 14.4 Å². The summed E-state index contributed by atoms with van der Waals surface area (Å²) in [5.41, 5.74) is 1.54. The third-order valence-corrected chi connectivity index (χ3v) is 4.99. The molecule has 7 nitrogen and oxygen atoms in total. The summed E-state index contributed by atoms with van der Waals surface area (Å²) in [6, 6.07) is 5.52. The van der Waals surface area contributed by atoms with E-state index in [0.717, 1.165) is 36.6 Å². The van der Waals surface area contributed by atoms with Crippen molar-refractivity contribution in [2.45, 2.75) is 25.7 Å². The number of hydroxylamine groups is 2. The van der Waals surface area contributed by atoms with Crippen molar-refractivity contribution in [3.8, 4) is 0 Å². The number of nitrogens with zero attached hydrogens (tertiary/aromatic N) is 3. The van der Waals surface area contributed by atoms with Crippen LogP contribution in [0.15, 0.2) is 24.4 Å². The van der Waals surface area contributed by atoms with Crippen molar-refractivity contribution in [3.05, 3.63) is 30.0 Å². The van der Waals surface area contributed by atoms with Crippen LogP contribution in [0, 0.1) is 5.92 Å². The minimum Gasteiger partial charge on any atom is -0.338 e. The van der Waals surface area contributed by atoms with Crippen LogP contribution in [-0.4, -0.2) is 58.2 Å². The molecule has 2 aromatic rings. The Hall–Kier alpha value is -2.41. The summed E-state index contributed by atoms with van der Waals surface area (Å²) in [5, 5.41) is 9.29. The van der Waals surface area contributed by atoms with Crippen LogP contribution in [-0.2, 0) is 9.63 Å². The molecule has 0 aliphatic carbocycles. The Kier molecular flexibility index (Phi) is 4.40. The molecule has 0 bridgehead atoms. The van der Waals surface area contributed by atoms with Crippen LogP contribution < -0.4 is 0 Å². The highest BCUT2D eigenvalue weighted by atomic mass is 16.7. The third-order valence-electron chi connectivity index (χ3n) is 4.99. The van der Waals surface area contributed by atoms with Gasteiger partial charge >= 0.3 is 0 Å². The van der Waals surface area contributed by atoms with Crippen molar-refractivity contribution in [1.29, 1.82) is 0 Å². The molecule has 132 valence electrons. The maximum Gasteiger partial charge on any atom is 0.253 e. The van der Waals surface area contributed by atoms with E-state index >= 15 is 0 Å². The largest absolute Gasteiger partial charge is 0.338 e. The SMILES string of the molecule is O=C(c1ccc2[nH]ncc2c1)N1CCCC(C(=O)N2CCCCO2)C1. The number of aromatic amines is 1. The summed E-state index contributed by atoms with van der Waals surface area (Å²) in [6.45, 7) is 2.40. The maximum absolute atomic E-state index is 12.8. The van der Waals surface area contributed by atoms with Crippen molar-refractivity contribution in [2.24, 2.45) is 5.92 Å². The fourth-order valence-corrected chi connectivity index (χ4v) is 3.60. The van der Waals surface area contributed by atoms with Crippen LogP contribution >= 0.6 is 0 Å². The average Bonchev–Trinajstić information content (AvgIpc) is 3.15. The standard InChI is InChI=1S/C18H22N4O3/c23-17(13-5-6-16-15(10-13)11-19-20-16)21-7-3-4-14(12-21)18(24)22-8-1-2-9-25-22/h5-6,10-11,14H,1-4,7-9,12H2,(H,19,20). The molecule has 1 N–H and O–H groups in total. The number of hydrogen-bond acceptors (Lipinski definition) is 4. The molecule has 2 saturated heterocycles. The Morgan fingerprint density at radius 2 is 2.12 bits per heavy atom. The molecule has 0 saturated carbocycles. The molecule has 1 aromatic carbocycles. The van der Waals surface area contributed by atoms with Gasteiger partial charge in [-0.05, 0) is 43.9 Å². The summed E-state index contributed by atoms with van der Waals surface area (Å²) >= 11 is 0. The molecule has 3 heterocycles. The second-order valence-corrected chi connectivity index (χ2v) is 6.74. The average molecular weight is 342 g/mol. The highest BCUT2D eigenvalue weighted by Crippen LogP contribution is 2.23. The zero-order valence-electron chi connectivity index (χ0n) is 14.1. The van der Waals surface area contributed by atoms with Crippen LogP contribution in [0.5, 0.6) is 0 Å². The predicted octanol–water partition coefficient (Wildman–Crippen LogP) is 1.97. The lowest BCUT2D eigenvalue weighted by atomic mass is 9.96. The Labute approximate surface area is 145 Å². The van der Waals surface area contributed by atoms with E-state index < -0.39 is 0 Å². The number of amides is 2. The molecule has 25 heavy (non-hydrogen) atoms. The predicted molar refractivity (Wildman–Crippen MR) is 91.6 cm³/mol. The van der Waals surface area contributed by atoms with Gasteiger partial charge in [0, 0.05) is 30.6 Å². The summed E-state index contributed by atoms with van der Waals surface area (Å²) in [4.78, 5) is 32.8. The lowest BCUT2D eigenvalue weighted by Gasteiger charge is -2.35. The van der Waals surface area contributed by atoms with E-state index in [1.807, 2.05) is 18.2 Å². The minimum absolute atomic E-state index is 0.0162. The fraction of sp³-hybridized carbons (Fsp3) is 0.500. The molecule has 4 rings (SSSR count). The third kappa shape index (κ3) is 3.24. The normalized spacial score (nSPS) is 21.5. The van der Waals surface area contributed by atoms with Gasteiger partial charge in [-0.2, -0.15) is 5.10 Å². The summed E-state index contributed by atoms with van der Waals surface area (Å²) in [6.07, 6.45) is 5.33. The first kappa shape index (κ1) is 16.1. The Morgan fingerprint density at radius 1 is 1.20 bits per heavy atom. The number of likely N-dealkylation sites (tertiary alicyclic amines) is 1. The highest BCUT2D eigenvalue weighted by molar-refractivity contribution is 5.98. The highest BCUT2D eigenvalue weighted by Gasteiger charge is 2.32. The van der Waals surface area contributed by atoms with Gasteiger partial charge in [0.1, 0.15) is 0 Å². The van der Waals surface area contributed by atoms with Gasteiger partial charge in [-0.1, -0.05) is 0 Å². The van der Waals surface area contributed by atoms with Gasteiger partial charge in [0.05, 0.1) is 24.2 Å². The molecule has 1 aromatic heterocycles. The smallest absolute Gasteiger partial charge is 0.253 e. The van der Waals surface area contributed by atoms with Gasteiger partial charge in [0.15, 0.2) is 0 Å². The zero-order valence-corrected chi connectivity index (χ0v) is 14.1. The minimum atomic E-state index is -0.173. The monoisotopic (exact) mass is 342 g/mol. The lowest BCUT2D eigenvalue weighted by molar-refractivity contribution is -0.202. The van der Waals surface area contributed by atoms with Crippen LogP contribution in [0.2, 0.25) is 0 Å². The molecule has 2 aliphatic heterocycles. The lowest BCUT2D eigenvalue weighted by Crippen LogP contribution is -2.47. The Balaban J connectivity index is 1.46. The van der Waals surface area contributed by atoms with Crippen LogP contribution in [0.3, 0.4) is 0 Å². The van der Waals surface area contributed by atoms with Crippen molar-refractivity contribution in [2.75, 3.05) is 26.2 Å². The number of hydrogen-bond donors (Lipinski definition) is 1. The van der Waals surface area contributed by atoms with E-state index in [2.05, 4.69) is 10.2 Å². The molecule has 7 heteroatoms. The van der Waals surface area contributed by atoms with Crippen molar-refractivity contribution in [3.63, 3.8) is 0 Å². The fourth-order valence-electron chi connectivity index (χ4n) is 3.60. The van der Waals surface area contributed by atoms with Gasteiger partial charge in [0.25, 0.3) is 11.8 Å². The first-order chi connectivity index (χ1) is 12.2. The second kappa shape index (κ2) is 6.84. The topological polar surface area (TPSA) is 78.5 Å². The molecule has 2 fully saturated rings.